The van der Waals surface area contributed by atoms with E-state index >= 15 is 0 Å². The van der Waals surface area contributed by atoms with Gasteiger partial charge in [-0.2, -0.15) is 0 Å². The van der Waals surface area contributed by atoms with E-state index in [1.54, 1.807) is 0 Å². The fourth-order valence-electron chi connectivity index (χ4n) is 0. The first-order valence-corrected chi connectivity index (χ1v) is 1.10. The molecule has 0 aliphatic rings. The quantitative estimate of drug-likeness (QED) is 0.254. The van der Waals surface area contributed by atoms with Crippen molar-refractivity contribution in [2.24, 2.45) is 0 Å². The summed E-state index contributed by atoms with van der Waals surface area (Å²) in [6.45, 7) is 0. The van der Waals surface area contributed by atoms with Crippen LogP contribution in [0.5, 0.6) is 0 Å². The summed E-state index contributed by atoms with van der Waals surface area (Å²) < 4.78 is 0. The zero-order valence-electron chi connectivity index (χ0n) is 5.05. The van der Waals surface area contributed by atoms with Crippen LogP contribution in [0.3, 0.4) is 0 Å². The molecule has 0 aliphatic heterocycles. The Kier molecular flexibility index (Phi) is 37.1. The van der Waals surface area contributed by atoms with Crippen molar-refractivity contribution in [3.63, 3.8) is 0 Å². The molecule has 0 heterocycles. The van der Waals surface area contributed by atoms with Crippen molar-refractivity contribution < 1.29 is 39.7 Å². The van der Waals surface area contributed by atoms with Gasteiger partial charge < -0.3 is 30.6 Å². The molecule has 0 aromatic rings. The summed E-state index contributed by atoms with van der Waals surface area (Å²) in [5.41, 5.74) is 0. The molecule has 0 spiro atoms. The van der Waals surface area contributed by atoms with E-state index in [1.165, 1.54) is 0 Å². The Morgan fingerprint density at radius 2 is 0.800 bits per heavy atom. The van der Waals surface area contributed by atoms with Crippen molar-refractivity contribution in [3.8, 4) is 0 Å². The van der Waals surface area contributed by atoms with E-state index in [0.717, 1.165) is 0 Å². The van der Waals surface area contributed by atoms with Gasteiger partial charge in [-0.1, -0.05) is 0 Å². The predicted molar refractivity (Wildman–Crippen MR) is 26.5 cm³/mol. The fraction of sp³-hybridized carbons (Fsp3) is 0. The van der Waals surface area contributed by atoms with Crippen LogP contribution in [0.2, 0.25) is 0 Å². The topological polar surface area (TPSA) is 132 Å². The third-order valence-corrected chi connectivity index (χ3v) is 0. The van der Waals surface area contributed by atoms with E-state index in [1.807, 2.05) is 0 Å². The number of nitrogens with zero attached hydrogens (tertiary/aromatic N) is 2. The van der Waals surface area contributed by atoms with Gasteiger partial charge in [0.15, 0.2) is 0 Å². The van der Waals surface area contributed by atoms with Gasteiger partial charge >= 0.3 is 78.4 Å². The van der Waals surface area contributed by atoms with Crippen LogP contribution in [0.4, 0.5) is 0 Å². The van der Waals surface area contributed by atoms with Gasteiger partial charge in [0.1, 0.15) is 0 Å². The number of hydrogen-bond donors (Lipinski definition) is 0. The number of hydrogen-bond acceptors (Lipinski definition) is 6. The minimum Gasteiger partial charge on any atom is -0.356 e. The summed E-state index contributed by atoms with van der Waals surface area (Å²) in [4.78, 5) is 16.5. The molecule has 0 fully saturated rings. The first kappa shape index (κ1) is 22.4. The van der Waals surface area contributed by atoms with Gasteiger partial charge in [0, 0.05) is 0 Å². The van der Waals surface area contributed by atoms with Crippen molar-refractivity contribution in [1.29, 1.82) is 0 Å². The van der Waals surface area contributed by atoms with Crippen LogP contribution >= 0.6 is 0 Å². The Balaban J connectivity index is -0.0000000300. The molecule has 0 aromatic carbocycles. The molecule has 0 N–H and O–H groups in total. The standard InChI is InChI=1S/Ba.2NO3.Na/c;2*2-1(3)4;/q+2;2*-1;+1. The molecule has 0 atom stereocenters. The Morgan fingerprint density at radius 3 is 0.800 bits per heavy atom. The second-order valence-corrected chi connectivity index (χ2v) is 0.447. The molecule has 10 heavy (non-hydrogen) atoms. The average molecular weight is 284 g/mol. The van der Waals surface area contributed by atoms with Crippen molar-refractivity contribution in [3.05, 3.63) is 30.6 Å². The van der Waals surface area contributed by atoms with Crippen LogP contribution in [-0.4, -0.2) is 59.1 Å². The molecule has 0 unspecified atom stereocenters. The summed E-state index contributed by atoms with van der Waals surface area (Å²) in [6, 6.07) is 0. The summed E-state index contributed by atoms with van der Waals surface area (Å²) in [5, 5.41) is 29.5. The van der Waals surface area contributed by atoms with E-state index in [9.17, 15) is 0 Å². The third kappa shape index (κ3) is 604. The molecule has 0 saturated carbocycles. The molecule has 0 rings (SSSR count). The van der Waals surface area contributed by atoms with Crippen LogP contribution in [0.15, 0.2) is 0 Å². The maximum Gasteiger partial charge on any atom is 2.00 e. The predicted octanol–water partition coefficient (Wildman–Crippen LogP) is -3.86. The SMILES string of the molecule is O=[N+]([O-])[O-].O=[N+]([O-])[O-].[Ba+2].[Na+]. The zero-order chi connectivity index (χ0) is 7.15. The van der Waals surface area contributed by atoms with Crippen molar-refractivity contribution in [2.45, 2.75) is 0 Å². The van der Waals surface area contributed by atoms with Crippen LogP contribution in [0.1, 0.15) is 0 Å². The molecule has 0 radical (unpaired) electrons. The fourth-order valence-corrected chi connectivity index (χ4v) is 0. The first-order chi connectivity index (χ1) is 3.46. The molecule has 0 aliphatic carbocycles. The Morgan fingerprint density at radius 1 is 0.800 bits per heavy atom. The molecule has 48 valence electrons. The summed E-state index contributed by atoms with van der Waals surface area (Å²) in [7, 11) is 0. The van der Waals surface area contributed by atoms with Gasteiger partial charge in [0.2, 0.25) is 0 Å². The van der Waals surface area contributed by atoms with E-state index < -0.39 is 10.2 Å². The average Bonchev–Trinajstić information content (AvgIpc) is 1.25. The van der Waals surface area contributed by atoms with Crippen LogP contribution in [0, 0.1) is 30.6 Å². The smallest absolute Gasteiger partial charge is 0.356 e. The zero-order valence-corrected chi connectivity index (χ0v) is 11.5. The Bertz CT molecular complexity index is 73.7. The normalized spacial score (nSPS) is 4.80. The molecular weight excluding hydrogens is 284 g/mol. The van der Waals surface area contributed by atoms with Crippen molar-refractivity contribution in [2.75, 3.05) is 0 Å². The van der Waals surface area contributed by atoms with Gasteiger partial charge in [-0.15, -0.1) is 0 Å². The molecule has 0 amide bonds. The van der Waals surface area contributed by atoms with E-state index in [4.69, 9.17) is 30.6 Å². The Hall–Kier alpha value is 0.971. The third-order valence-electron chi connectivity index (χ3n) is 0. The monoisotopic (exact) mass is 285 g/mol. The molecule has 0 aromatic heterocycles. The van der Waals surface area contributed by atoms with Crippen molar-refractivity contribution >= 4 is 48.9 Å². The maximum absolute atomic E-state index is 8.25. The summed E-state index contributed by atoms with van der Waals surface area (Å²) >= 11 is 0. The van der Waals surface area contributed by atoms with E-state index in [0.29, 0.717) is 0 Å². The van der Waals surface area contributed by atoms with Crippen LogP contribution < -0.4 is 29.6 Å². The molecular formula is BaN2NaO6+. The largest absolute Gasteiger partial charge is 2.00 e. The first-order valence-electron chi connectivity index (χ1n) is 1.10. The maximum atomic E-state index is 8.25. The molecule has 10 heteroatoms. The van der Waals surface area contributed by atoms with Crippen molar-refractivity contribution in [1.82, 2.24) is 0 Å². The second kappa shape index (κ2) is 16.5. The van der Waals surface area contributed by atoms with Gasteiger partial charge in [-0.05, 0) is 0 Å². The molecule has 0 saturated heterocycles. The minimum atomic E-state index is -1.75. The summed E-state index contributed by atoms with van der Waals surface area (Å²) in [6.07, 6.45) is 0. The van der Waals surface area contributed by atoms with Gasteiger partial charge in [-0.3, -0.25) is 0 Å². The molecule has 8 nitrogen and oxygen atoms in total. The van der Waals surface area contributed by atoms with Gasteiger partial charge in [0.25, 0.3) is 0 Å². The second-order valence-electron chi connectivity index (χ2n) is 0.447. The Labute approximate surface area is 117 Å². The number of rotatable bonds is 0. The van der Waals surface area contributed by atoms with Crippen LogP contribution in [0.25, 0.3) is 0 Å². The minimum absolute atomic E-state index is 0. The van der Waals surface area contributed by atoms with Crippen LogP contribution in [-0.2, 0) is 0 Å². The molecule has 0 bridgehead atoms. The van der Waals surface area contributed by atoms with Gasteiger partial charge in [0.05, 0.1) is 10.2 Å². The van der Waals surface area contributed by atoms with Gasteiger partial charge in [-0.25, -0.2) is 0 Å². The van der Waals surface area contributed by atoms with E-state index in [2.05, 4.69) is 0 Å². The summed E-state index contributed by atoms with van der Waals surface area (Å²) in [5.74, 6) is 0. The van der Waals surface area contributed by atoms with E-state index in [-0.39, 0.29) is 78.4 Å².